The molecule has 1 saturated carbocycles. The summed E-state index contributed by atoms with van der Waals surface area (Å²) < 4.78 is 12.4. The third-order valence-corrected chi connectivity index (χ3v) is 5.85. The highest BCUT2D eigenvalue weighted by Crippen LogP contribution is 2.38. The first kappa shape index (κ1) is 21.7. The van der Waals surface area contributed by atoms with Crippen molar-refractivity contribution in [2.24, 2.45) is 5.92 Å². The van der Waals surface area contributed by atoms with Crippen LogP contribution in [0.3, 0.4) is 0 Å². The van der Waals surface area contributed by atoms with Gasteiger partial charge in [0.05, 0.1) is 43.3 Å². The summed E-state index contributed by atoms with van der Waals surface area (Å²) in [6, 6.07) is 11.9. The Kier molecular flexibility index (Phi) is 5.75. The molecule has 1 N–H and O–H groups in total. The summed E-state index contributed by atoms with van der Waals surface area (Å²) in [6.07, 6.45) is 7.38. The van der Waals surface area contributed by atoms with Gasteiger partial charge < -0.3 is 19.5 Å². The summed E-state index contributed by atoms with van der Waals surface area (Å²) >= 11 is 0. The highest BCUT2D eigenvalue weighted by atomic mass is 16.5. The molecule has 0 unspecified atom stereocenters. The van der Waals surface area contributed by atoms with Crippen molar-refractivity contribution >= 4 is 28.4 Å². The number of carbonyl (C=O) groups is 1. The van der Waals surface area contributed by atoms with Gasteiger partial charge in [-0.05, 0) is 37.0 Å². The lowest BCUT2D eigenvalue weighted by atomic mass is 10.1. The van der Waals surface area contributed by atoms with Crippen molar-refractivity contribution < 1.29 is 19.4 Å². The molecule has 9 heteroatoms. The van der Waals surface area contributed by atoms with Crippen molar-refractivity contribution in [2.75, 3.05) is 25.7 Å². The Morgan fingerprint density at radius 2 is 1.82 bits per heavy atom. The molecule has 0 amide bonds. The molecule has 9 nitrogen and oxygen atoms in total. The molecule has 0 atom stereocenters. The molecule has 1 aliphatic carbocycles. The predicted octanol–water partition coefficient (Wildman–Crippen LogP) is 4.14. The molecule has 2 aromatic carbocycles. The molecule has 2 aromatic heterocycles. The smallest absolute Gasteiger partial charge is 0.325 e. The number of carboxylic acid groups (broad SMARTS) is 1. The third-order valence-electron chi connectivity index (χ3n) is 5.85. The minimum absolute atomic E-state index is 0.203. The number of fused-ring (bicyclic) bond motifs is 1. The van der Waals surface area contributed by atoms with E-state index < -0.39 is 5.97 Å². The largest absolute Gasteiger partial charge is 0.497 e. The SMILES string of the molecule is COc1cc(OC)cc(N(CC2CC2)c2ccc3ncc(-c4cnn(CC(=O)O)c4)nc3c2)c1. The monoisotopic (exact) mass is 459 g/mol. The van der Waals surface area contributed by atoms with Gasteiger partial charge >= 0.3 is 5.97 Å². The van der Waals surface area contributed by atoms with Gasteiger partial charge in [-0.15, -0.1) is 0 Å². The number of hydrogen-bond donors (Lipinski definition) is 1. The van der Waals surface area contributed by atoms with Crippen molar-refractivity contribution in [3.8, 4) is 22.8 Å². The molecule has 0 radical (unpaired) electrons. The number of methoxy groups -OCH3 is 2. The predicted molar refractivity (Wildman–Crippen MR) is 128 cm³/mol. The van der Waals surface area contributed by atoms with E-state index in [9.17, 15) is 4.79 Å². The van der Waals surface area contributed by atoms with Gasteiger partial charge in [-0.2, -0.15) is 5.10 Å². The standard InChI is InChI=1S/C25H25N5O4/c1-33-20-7-19(8-21(10-20)34-2)30(13-16-3-4-16)18-5-6-22-23(9-18)28-24(12-26-22)17-11-27-29(14-17)15-25(31)32/h5-12,14,16H,3-4,13,15H2,1-2H3,(H,31,32). The number of ether oxygens (including phenoxy) is 2. The number of nitrogens with zero attached hydrogens (tertiary/aromatic N) is 5. The summed E-state index contributed by atoms with van der Waals surface area (Å²) in [5.41, 5.74) is 4.87. The quantitative estimate of drug-likeness (QED) is 0.398. The average molecular weight is 460 g/mol. The Balaban J connectivity index is 1.53. The number of aromatic nitrogens is 4. The van der Waals surface area contributed by atoms with Crippen LogP contribution in [-0.2, 0) is 11.3 Å². The van der Waals surface area contributed by atoms with Crippen molar-refractivity contribution in [3.63, 3.8) is 0 Å². The number of anilines is 2. The first-order valence-corrected chi connectivity index (χ1v) is 11.0. The fourth-order valence-corrected chi connectivity index (χ4v) is 3.89. The van der Waals surface area contributed by atoms with Gasteiger partial charge in [-0.1, -0.05) is 0 Å². The lowest BCUT2D eigenvalue weighted by molar-refractivity contribution is -0.137. The van der Waals surface area contributed by atoms with Crippen molar-refractivity contribution in [1.29, 1.82) is 0 Å². The number of carboxylic acids is 1. The van der Waals surface area contributed by atoms with Gasteiger partial charge in [0.2, 0.25) is 0 Å². The van der Waals surface area contributed by atoms with E-state index in [1.54, 1.807) is 32.8 Å². The fourth-order valence-electron chi connectivity index (χ4n) is 3.89. The maximum Gasteiger partial charge on any atom is 0.325 e. The molecule has 1 fully saturated rings. The number of benzene rings is 2. The Bertz CT molecular complexity index is 1330. The molecule has 4 aromatic rings. The van der Waals surface area contributed by atoms with E-state index in [4.69, 9.17) is 19.6 Å². The number of aliphatic carboxylic acids is 1. The second-order valence-electron chi connectivity index (χ2n) is 8.37. The van der Waals surface area contributed by atoms with E-state index in [-0.39, 0.29) is 6.54 Å². The van der Waals surface area contributed by atoms with Crippen LogP contribution < -0.4 is 14.4 Å². The molecule has 0 bridgehead atoms. The normalized spacial score (nSPS) is 13.1. The van der Waals surface area contributed by atoms with Crippen LogP contribution in [0.25, 0.3) is 22.3 Å². The lowest BCUT2D eigenvalue weighted by Gasteiger charge is -2.26. The van der Waals surface area contributed by atoms with Crippen LogP contribution in [0.1, 0.15) is 12.8 Å². The zero-order valence-electron chi connectivity index (χ0n) is 19.0. The van der Waals surface area contributed by atoms with E-state index in [0.717, 1.165) is 40.5 Å². The summed E-state index contributed by atoms with van der Waals surface area (Å²) in [6.45, 7) is 0.683. The summed E-state index contributed by atoms with van der Waals surface area (Å²) in [7, 11) is 3.30. The summed E-state index contributed by atoms with van der Waals surface area (Å²) in [4.78, 5) is 22.6. The molecular formula is C25H25N5O4. The van der Waals surface area contributed by atoms with Crippen molar-refractivity contribution in [3.05, 3.63) is 55.0 Å². The van der Waals surface area contributed by atoms with Crippen LogP contribution in [0, 0.1) is 5.92 Å². The number of rotatable bonds is 9. The lowest BCUT2D eigenvalue weighted by Crippen LogP contribution is -2.20. The maximum absolute atomic E-state index is 11.0. The summed E-state index contributed by atoms with van der Waals surface area (Å²) in [5, 5.41) is 13.1. The minimum atomic E-state index is -0.950. The van der Waals surface area contributed by atoms with Gasteiger partial charge in [-0.25, -0.2) is 4.98 Å². The first-order valence-electron chi connectivity index (χ1n) is 11.0. The van der Waals surface area contributed by atoms with Crippen molar-refractivity contribution in [2.45, 2.75) is 19.4 Å². The van der Waals surface area contributed by atoms with Crippen LogP contribution in [0.15, 0.2) is 55.0 Å². The van der Waals surface area contributed by atoms with E-state index >= 15 is 0 Å². The van der Waals surface area contributed by atoms with Gasteiger partial charge in [-0.3, -0.25) is 14.5 Å². The van der Waals surface area contributed by atoms with Crippen LogP contribution in [0.2, 0.25) is 0 Å². The highest BCUT2D eigenvalue weighted by Gasteiger charge is 2.26. The number of hydrogen-bond acceptors (Lipinski definition) is 7. The highest BCUT2D eigenvalue weighted by molar-refractivity contribution is 5.82. The van der Waals surface area contributed by atoms with Crippen molar-refractivity contribution in [1.82, 2.24) is 19.7 Å². The molecule has 34 heavy (non-hydrogen) atoms. The first-order chi connectivity index (χ1) is 16.5. The van der Waals surface area contributed by atoms with E-state index in [2.05, 4.69) is 21.0 Å². The third kappa shape index (κ3) is 4.63. The topological polar surface area (TPSA) is 103 Å². The van der Waals surface area contributed by atoms with Gasteiger partial charge in [0, 0.05) is 47.9 Å². The molecule has 2 heterocycles. The van der Waals surface area contributed by atoms with E-state index in [1.165, 1.54) is 17.5 Å². The molecule has 5 rings (SSSR count). The Morgan fingerprint density at radius 3 is 2.50 bits per heavy atom. The van der Waals surface area contributed by atoms with Gasteiger partial charge in [0.25, 0.3) is 0 Å². The van der Waals surface area contributed by atoms with Crippen LogP contribution >= 0.6 is 0 Å². The Morgan fingerprint density at radius 1 is 1.06 bits per heavy atom. The molecular weight excluding hydrogens is 434 g/mol. The Labute approximate surface area is 196 Å². The second-order valence-corrected chi connectivity index (χ2v) is 8.37. The molecule has 174 valence electrons. The maximum atomic E-state index is 11.0. The zero-order valence-corrected chi connectivity index (χ0v) is 19.0. The van der Waals surface area contributed by atoms with E-state index in [1.807, 2.05) is 30.3 Å². The minimum Gasteiger partial charge on any atom is -0.497 e. The summed E-state index contributed by atoms with van der Waals surface area (Å²) in [5.74, 6) is 1.16. The molecule has 0 aliphatic heterocycles. The molecule has 0 saturated heterocycles. The molecule has 0 spiro atoms. The van der Waals surface area contributed by atoms with Crippen LogP contribution in [0.5, 0.6) is 11.5 Å². The van der Waals surface area contributed by atoms with Crippen LogP contribution in [-0.4, -0.2) is 51.6 Å². The average Bonchev–Trinajstić information content (AvgIpc) is 3.56. The fraction of sp³-hybridized carbons (Fsp3) is 0.280. The zero-order chi connectivity index (χ0) is 23.7. The second kappa shape index (κ2) is 9.01. The van der Waals surface area contributed by atoms with Gasteiger partial charge in [0.15, 0.2) is 0 Å². The molecule has 1 aliphatic rings. The Hall–Kier alpha value is -4.14. The van der Waals surface area contributed by atoms with Crippen LogP contribution in [0.4, 0.5) is 11.4 Å². The van der Waals surface area contributed by atoms with Gasteiger partial charge in [0.1, 0.15) is 18.0 Å². The van der Waals surface area contributed by atoms with E-state index in [0.29, 0.717) is 17.2 Å².